The Morgan fingerprint density at radius 3 is 2.86 bits per heavy atom. The molecule has 0 fully saturated rings. The number of hydrogen-bond donors (Lipinski definition) is 1. The van der Waals surface area contributed by atoms with Gasteiger partial charge in [-0.3, -0.25) is 0 Å². The van der Waals surface area contributed by atoms with Crippen molar-refractivity contribution in [1.82, 2.24) is 14.5 Å². The summed E-state index contributed by atoms with van der Waals surface area (Å²) in [6.07, 6.45) is 3.88. The molecule has 0 aliphatic carbocycles. The van der Waals surface area contributed by atoms with Crippen LogP contribution in [0.4, 0.5) is 0 Å². The van der Waals surface area contributed by atoms with E-state index in [-0.39, 0.29) is 0 Å². The Morgan fingerprint density at radius 2 is 2.14 bits per heavy atom. The minimum atomic E-state index is 0.413. The molecule has 21 heavy (non-hydrogen) atoms. The summed E-state index contributed by atoms with van der Waals surface area (Å²) in [5, 5.41) is 1.10. The van der Waals surface area contributed by atoms with Crippen LogP contribution >= 0.6 is 0 Å². The largest absolute Gasteiger partial charge is 0.497 e. The fourth-order valence-electron chi connectivity index (χ4n) is 2.56. The standard InChI is InChI=1S/C16H18N4O/c1-10-18-8-11(7-17)16(19-10)14-9-20(2)15-5-4-12(21-3)6-13(14)15/h4-6,8-9H,7,17H2,1-3H3. The van der Waals surface area contributed by atoms with Crippen LogP contribution in [-0.2, 0) is 13.6 Å². The van der Waals surface area contributed by atoms with Gasteiger partial charge in [-0.2, -0.15) is 0 Å². The summed E-state index contributed by atoms with van der Waals surface area (Å²) >= 11 is 0. The number of nitrogens with zero attached hydrogens (tertiary/aromatic N) is 3. The van der Waals surface area contributed by atoms with E-state index in [1.165, 1.54) is 0 Å². The Labute approximate surface area is 123 Å². The van der Waals surface area contributed by atoms with E-state index >= 15 is 0 Å². The second-order valence-corrected chi connectivity index (χ2v) is 5.03. The maximum absolute atomic E-state index is 5.83. The molecule has 0 unspecified atom stereocenters. The highest BCUT2D eigenvalue weighted by molar-refractivity contribution is 5.96. The number of aryl methyl sites for hydroxylation is 2. The molecular formula is C16H18N4O. The molecule has 3 aromatic rings. The van der Waals surface area contributed by atoms with Crippen LogP contribution in [0.1, 0.15) is 11.4 Å². The first kappa shape index (κ1) is 13.6. The van der Waals surface area contributed by atoms with Gasteiger partial charge in [0.1, 0.15) is 11.6 Å². The van der Waals surface area contributed by atoms with Gasteiger partial charge in [0.2, 0.25) is 0 Å². The molecule has 5 nitrogen and oxygen atoms in total. The number of aromatic nitrogens is 3. The summed E-state index contributed by atoms with van der Waals surface area (Å²) in [4.78, 5) is 8.82. The molecule has 0 saturated heterocycles. The molecule has 2 aromatic heterocycles. The first-order valence-electron chi connectivity index (χ1n) is 6.80. The van der Waals surface area contributed by atoms with Crippen LogP contribution in [0.25, 0.3) is 22.2 Å². The van der Waals surface area contributed by atoms with Crippen LogP contribution in [0, 0.1) is 6.92 Å². The van der Waals surface area contributed by atoms with Crippen LogP contribution in [0.5, 0.6) is 5.75 Å². The van der Waals surface area contributed by atoms with Gasteiger partial charge in [0.25, 0.3) is 0 Å². The number of hydrogen-bond acceptors (Lipinski definition) is 4. The van der Waals surface area contributed by atoms with E-state index in [1.54, 1.807) is 13.3 Å². The molecule has 3 rings (SSSR count). The molecule has 0 spiro atoms. The highest BCUT2D eigenvalue weighted by atomic mass is 16.5. The van der Waals surface area contributed by atoms with Crippen LogP contribution in [0.3, 0.4) is 0 Å². The van der Waals surface area contributed by atoms with Gasteiger partial charge in [0, 0.05) is 48.0 Å². The first-order valence-corrected chi connectivity index (χ1v) is 6.80. The van der Waals surface area contributed by atoms with Gasteiger partial charge in [-0.15, -0.1) is 0 Å². The fourth-order valence-corrected chi connectivity index (χ4v) is 2.56. The van der Waals surface area contributed by atoms with Crippen LogP contribution < -0.4 is 10.5 Å². The Morgan fingerprint density at radius 1 is 1.33 bits per heavy atom. The highest BCUT2D eigenvalue weighted by Crippen LogP contribution is 2.33. The van der Waals surface area contributed by atoms with E-state index in [2.05, 4.69) is 20.7 Å². The van der Waals surface area contributed by atoms with E-state index in [9.17, 15) is 0 Å². The molecular weight excluding hydrogens is 264 g/mol. The van der Waals surface area contributed by atoms with E-state index < -0.39 is 0 Å². The Balaban J connectivity index is 2.32. The lowest BCUT2D eigenvalue weighted by Crippen LogP contribution is -2.03. The summed E-state index contributed by atoms with van der Waals surface area (Å²) in [5.74, 6) is 1.57. The van der Waals surface area contributed by atoms with Gasteiger partial charge in [-0.25, -0.2) is 9.97 Å². The minimum Gasteiger partial charge on any atom is -0.497 e. The third-order valence-electron chi connectivity index (χ3n) is 3.66. The van der Waals surface area contributed by atoms with E-state index in [1.807, 2.05) is 32.2 Å². The quantitative estimate of drug-likeness (QED) is 0.801. The molecule has 108 valence electrons. The lowest BCUT2D eigenvalue weighted by Gasteiger charge is -2.07. The predicted octanol–water partition coefficient (Wildman–Crippen LogP) is 2.41. The average molecular weight is 282 g/mol. The molecule has 0 aliphatic rings. The zero-order valence-electron chi connectivity index (χ0n) is 12.4. The third kappa shape index (κ3) is 2.25. The van der Waals surface area contributed by atoms with Crippen molar-refractivity contribution in [1.29, 1.82) is 0 Å². The van der Waals surface area contributed by atoms with Crippen LogP contribution in [-0.4, -0.2) is 21.6 Å². The van der Waals surface area contributed by atoms with Crippen molar-refractivity contribution in [3.8, 4) is 17.0 Å². The lowest BCUT2D eigenvalue weighted by atomic mass is 10.1. The van der Waals surface area contributed by atoms with Crippen LogP contribution in [0.15, 0.2) is 30.6 Å². The van der Waals surface area contributed by atoms with Crippen molar-refractivity contribution in [2.75, 3.05) is 7.11 Å². The highest BCUT2D eigenvalue weighted by Gasteiger charge is 2.14. The Kier molecular flexibility index (Phi) is 3.35. The number of nitrogens with two attached hydrogens (primary N) is 1. The number of fused-ring (bicyclic) bond motifs is 1. The third-order valence-corrected chi connectivity index (χ3v) is 3.66. The fraction of sp³-hybridized carbons (Fsp3) is 0.250. The smallest absolute Gasteiger partial charge is 0.125 e. The molecule has 5 heteroatoms. The summed E-state index contributed by atoms with van der Waals surface area (Å²) in [6, 6.07) is 6.04. The topological polar surface area (TPSA) is 66.0 Å². The zero-order chi connectivity index (χ0) is 15.0. The summed E-state index contributed by atoms with van der Waals surface area (Å²) in [7, 11) is 3.69. The van der Waals surface area contributed by atoms with Crippen molar-refractivity contribution in [2.45, 2.75) is 13.5 Å². The maximum atomic E-state index is 5.83. The van der Waals surface area contributed by atoms with E-state index in [0.29, 0.717) is 6.54 Å². The SMILES string of the molecule is COc1ccc2c(c1)c(-c1nc(C)ncc1CN)cn2C. The number of ether oxygens (including phenoxy) is 1. The molecule has 0 radical (unpaired) electrons. The van der Waals surface area contributed by atoms with Crippen LogP contribution in [0.2, 0.25) is 0 Å². The predicted molar refractivity (Wildman–Crippen MR) is 83.1 cm³/mol. The Hall–Kier alpha value is -2.40. The van der Waals surface area contributed by atoms with Gasteiger partial charge in [0.05, 0.1) is 12.8 Å². The number of methoxy groups -OCH3 is 1. The molecule has 0 atom stereocenters. The van der Waals surface area contributed by atoms with Crippen molar-refractivity contribution in [3.63, 3.8) is 0 Å². The Bertz CT molecular complexity index is 807. The van der Waals surface area contributed by atoms with Gasteiger partial charge < -0.3 is 15.0 Å². The molecule has 0 amide bonds. The summed E-state index contributed by atoms with van der Waals surface area (Å²) in [6.45, 7) is 2.30. The van der Waals surface area contributed by atoms with Crippen molar-refractivity contribution in [2.24, 2.45) is 12.8 Å². The zero-order valence-corrected chi connectivity index (χ0v) is 12.4. The van der Waals surface area contributed by atoms with Crippen molar-refractivity contribution >= 4 is 10.9 Å². The second-order valence-electron chi connectivity index (χ2n) is 5.03. The van der Waals surface area contributed by atoms with Crippen molar-refractivity contribution in [3.05, 3.63) is 42.0 Å². The summed E-state index contributed by atoms with van der Waals surface area (Å²) < 4.78 is 7.42. The number of benzene rings is 1. The van der Waals surface area contributed by atoms with Gasteiger partial charge >= 0.3 is 0 Å². The first-order chi connectivity index (χ1) is 10.1. The molecule has 2 heterocycles. The molecule has 1 aromatic carbocycles. The van der Waals surface area contributed by atoms with E-state index in [0.717, 1.165) is 39.3 Å². The average Bonchev–Trinajstić information content (AvgIpc) is 2.83. The van der Waals surface area contributed by atoms with E-state index in [4.69, 9.17) is 10.5 Å². The minimum absolute atomic E-state index is 0.413. The van der Waals surface area contributed by atoms with Crippen molar-refractivity contribution < 1.29 is 4.74 Å². The molecule has 2 N–H and O–H groups in total. The molecule has 0 saturated carbocycles. The normalized spacial score (nSPS) is 11.0. The van der Waals surface area contributed by atoms with Gasteiger partial charge in [-0.05, 0) is 25.1 Å². The lowest BCUT2D eigenvalue weighted by molar-refractivity contribution is 0.415. The monoisotopic (exact) mass is 282 g/mol. The summed E-state index contributed by atoms with van der Waals surface area (Å²) in [5.41, 5.74) is 9.85. The number of rotatable bonds is 3. The van der Waals surface area contributed by atoms with Gasteiger partial charge in [0.15, 0.2) is 0 Å². The van der Waals surface area contributed by atoms with Gasteiger partial charge in [-0.1, -0.05) is 0 Å². The maximum Gasteiger partial charge on any atom is 0.125 e. The molecule has 0 aliphatic heterocycles. The molecule has 0 bridgehead atoms. The second kappa shape index (κ2) is 5.18.